The van der Waals surface area contributed by atoms with Gasteiger partial charge in [-0.3, -0.25) is 4.79 Å². The summed E-state index contributed by atoms with van der Waals surface area (Å²) >= 11 is 9.87. The van der Waals surface area contributed by atoms with Crippen molar-refractivity contribution in [3.63, 3.8) is 0 Å². The first kappa shape index (κ1) is 20.6. The highest BCUT2D eigenvalue weighted by atomic mass is 79.9. The highest BCUT2D eigenvalue weighted by molar-refractivity contribution is 9.11. The zero-order valence-corrected chi connectivity index (χ0v) is 19.0. The molecule has 1 amide bonds. The van der Waals surface area contributed by atoms with Crippen molar-refractivity contribution in [1.29, 1.82) is 0 Å². The van der Waals surface area contributed by atoms with Crippen molar-refractivity contribution in [2.45, 2.75) is 0 Å². The Morgan fingerprint density at radius 3 is 2.32 bits per heavy atom. The number of ether oxygens (including phenoxy) is 1. The molecule has 0 saturated carbocycles. The minimum absolute atomic E-state index is 0.101. The van der Waals surface area contributed by atoms with Gasteiger partial charge in [-0.05, 0) is 92.0 Å². The predicted octanol–water partition coefficient (Wildman–Crippen LogP) is 6.24. The smallest absolute Gasteiger partial charge is 0.271 e. The lowest BCUT2D eigenvalue weighted by Crippen LogP contribution is -2.17. The second-order valence-electron chi connectivity index (χ2n) is 5.62. The maximum absolute atomic E-state index is 12.3. The van der Waals surface area contributed by atoms with Crippen LogP contribution in [-0.2, 0) is 0 Å². The van der Waals surface area contributed by atoms with Crippen LogP contribution in [0.5, 0.6) is 17.2 Å². The third kappa shape index (κ3) is 5.43. The molecule has 0 fully saturated rings. The highest BCUT2D eigenvalue weighted by Crippen LogP contribution is 2.32. The first-order valence-electron chi connectivity index (χ1n) is 7.97. The van der Waals surface area contributed by atoms with Gasteiger partial charge in [0.1, 0.15) is 17.2 Å². The largest absolute Gasteiger partial charge is 0.506 e. The number of nitrogens with zero attached hydrogens (tertiary/aromatic N) is 1. The third-order valence-electron chi connectivity index (χ3n) is 3.56. The molecule has 0 bridgehead atoms. The molecule has 0 atom stereocenters. The molecular weight excluding hydrogens is 556 g/mol. The standard InChI is InChI=1S/C20H13Br3N2O3/c21-14-4-6-15(7-5-14)28-16-3-1-2-13(10-16)20(27)25-24-11-12-8-17(22)19(26)18(23)9-12/h1-11,26H,(H,25,27)/b24-11+. The van der Waals surface area contributed by atoms with E-state index in [-0.39, 0.29) is 11.7 Å². The molecule has 0 spiro atoms. The molecule has 0 saturated heterocycles. The van der Waals surface area contributed by atoms with E-state index in [1.165, 1.54) is 6.21 Å². The van der Waals surface area contributed by atoms with Crippen LogP contribution in [0, 0.1) is 0 Å². The molecule has 0 aliphatic carbocycles. The van der Waals surface area contributed by atoms with Gasteiger partial charge in [-0.1, -0.05) is 22.0 Å². The van der Waals surface area contributed by atoms with Crippen LogP contribution in [0.15, 0.2) is 79.2 Å². The Morgan fingerprint density at radius 2 is 1.64 bits per heavy atom. The van der Waals surface area contributed by atoms with E-state index in [1.807, 2.05) is 24.3 Å². The van der Waals surface area contributed by atoms with Gasteiger partial charge in [0, 0.05) is 10.0 Å². The number of hydrazone groups is 1. The van der Waals surface area contributed by atoms with E-state index in [9.17, 15) is 9.90 Å². The van der Waals surface area contributed by atoms with Crippen molar-refractivity contribution >= 4 is 59.9 Å². The van der Waals surface area contributed by atoms with Gasteiger partial charge in [0.2, 0.25) is 0 Å². The zero-order chi connectivity index (χ0) is 20.1. The van der Waals surface area contributed by atoms with E-state index in [2.05, 4.69) is 58.3 Å². The number of benzene rings is 3. The fraction of sp³-hybridized carbons (Fsp3) is 0. The first-order valence-corrected chi connectivity index (χ1v) is 10.3. The molecule has 5 nitrogen and oxygen atoms in total. The van der Waals surface area contributed by atoms with Gasteiger partial charge in [0.15, 0.2) is 0 Å². The van der Waals surface area contributed by atoms with Crippen LogP contribution >= 0.6 is 47.8 Å². The monoisotopic (exact) mass is 566 g/mol. The van der Waals surface area contributed by atoms with Gasteiger partial charge in [0.25, 0.3) is 5.91 Å². The topological polar surface area (TPSA) is 70.9 Å². The van der Waals surface area contributed by atoms with Gasteiger partial charge in [-0.15, -0.1) is 0 Å². The molecule has 0 unspecified atom stereocenters. The van der Waals surface area contributed by atoms with Crippen molar-refractivity contribution in [3.8, 4) is 17.2 Å². The Kier molecular flexibility index (Phi) is 6.88. The van der Waals surface area contributed by atoms with Crippen LogP contribution in [0.1, 0.15) is 15.9 Å². The summed E-state index contributed by atoms with van der Waals surface area (Å²) in [7, 11) is 0. The maximum Gasteiger partial charge on any atom is 0.271 e. The van der Waals surface area contributed by atoms with Crippen LogP contribution in [0.3, 0.4) is 0 Å². The van der Waals surface area contributed by atoms with Gasteiger partial charge in [-0.25, -0.2) is 5.43 Å². The number of carbonyl (C=O) groups is 1. The first-order chi connectivity index (χ1) is 13.4. The van der Waals surface area contributed by atoms with Gasteiger partial charge in [0.05, 0.1) is 15.2 Å². The molecule has 0 radical (unpaired) electrons. The zero-order valence-electron chi connectivity index (χ0n) is 14.2. The van der Waals surface area contributed by atoms with Crippen LogP contribution in [0.2, 0.25) is 0 Å². The van der Waals surface area contributed by atoms with Crippen molar-refractivity contribution < 1.29 is 14.6 Å². The summed E-state index contributed by atoms with van der Waals surface area (Å²) in [4.78, 5) is 12.3. The molecule has 3 aromatic rings. The van der Waals surface area contributed by atoms with Crippen LogP contribution < -0.4 is 10.2 Å². The Hall–Kier alpha value is -2.16. The number of nitrogens with one attached hydrogen (secondary N) is 1. The fourth-order valence-corrected chi connectivity index (χ4v) is 3.72. The number of hydrogen-bond donors (Lipinski definition) is 2. The molecule has 3 rings (SSSR count). The Bertz CT molecular complexity index is 1010. The van der Waals surface area contributed by atoms with Crippen molar-refractivity contribution in [3.05, 3.63) is 85.2 Å². The molecule has 0 aromatic heterocycles. The number of phenols is 1. The summed E-state index contributed by atoms with van der Waals surface area (Å²) < 4.78 is 7.76. The SMILES string of the molecule is O=C(N/N=C/c1cc(Br)c(O)c(Br)c1)c1cccc(Oc2ccc(Br)cc2)c1. The molecule has 0 aliphatic rings. The lowest BCUT2D eigenvalue weighted by Gasteiger charge is -2.07. The lowest BCUT2D eigenvalue weighted by molar-refractivity contribution is 0.0955. The molecule has 28 heavy (non-hydrogen) atoms. The highest BCUT2D eigenvalue weighted by Gasteiger charge is 2.07. The van der Waals surface area contributed by atoms with Crippen molar-refractivity contribution in [1.82, 2.24) is 5.43 Å². The van der Waals surface area contributed by atoms with Crippen molar-refractivity contribution in [2.24, 2.45) is 5.10 Å². The predicted molar refractivity (Wildman–Crippen MR) is 119 cm³/mol. The Morgan fingerprint density at radius 1 is 0.964 bits per heavy atom. The second-order valence-corrected chi connectivity index (χ2v) is 8.24. The number of phenolic OH excluding ortho intramolecular Hbond substituents is 1. The fourth-order valence-electron chi connectivity index (χ4n) is 2.23. The van der Waals surface area contributed by atoms with E-state index in [0.717, 1.165) is 4.47 Å². The summed E-state index contributed by atoms with van der Waals surface area (Å²) in [6.07, 6.45) is 1.48. The quantitative estimate of drug-likeness (QED) is 0.283. The summed E-state index contributed by atoms with van der Waals surface area (Å²) in [5.74, 6) is 0.950. The molecule has 8 heteroatoms. The van der Waals surface area contributed by atoms with Crippen LogP contribution in [0.4, 0.5) is 0 Å². The molecule has 0 heterocycles. The maximum atomic E-state index is 12.3. The van der Waals surface area contributed by atoms with E-state index >= 15 is 0 Å². The molecular formula is C20H13Br3N2O3. The minimum atomic E-state index is -0.366. The average Bonchev–Trinajstić information content (AvgIpc) is 2.68. The van der Waals surface area contributed by atoms with Crippen LogP contribution in [-0.4, -0.2) is 17.2 Å². The van der Waals surface area contributed by atoms with Crippen molar-refractivity contribution in [2.75, 3.05) is 0 Å². The summed E-state index contributed by atoms with van der Waals surface area (Å²) in [6.45, 7) is 0. The number of rotatable bonds is 5. The normalized spacial score (nSPS) is 10.8. The average molecular weight is 569 g/mol. The number of halogens is 3. The van der Waals surface area contributed by atoms with Crippen LogP contribution in [0.25, 0.3) is 0 Å². The Balaban J connectivity index is 1.66. The second kappa shape index (κ2) is 9.36. The number of aromatic hydroxyl groups is 1. The third-order valence-corrected chi connectivity index (χ3v) is 5.30. The van der Waals surface area contributed by atoms with E-state index < -0.39 is 0 Å². The van der Waals surface area contributed by atoms with E-state index in [4.69, 9.17) is 4.74 Å². The number of hydrogen-bond acceptors (Lipinski definition) is 4. The number of carbonyl (C=O) groups excluding carboxylic acids is 1. The van der Waals surface area contributed by atoms with Gasteiger partial charge < -0.3 is 9.84 Å². The Labute approximate surface area is 186 Å². The minimum Gasteiger partial charge on any atom is -0.506 e. The summed E-state index contributed by atoms with van der Waals surface area (Å²) in [5.41, 5.74) is 3.59. The summed E-state index contributed by atoms with van der Waals surface area (Å²) in [5, 5.41) is 13.7. The molecule has 2 N–H and O–H groups in total. The summed E-state index contributed by atoms with van der Waals surface area (Å²) in [6, 6.07) is 17.6. The number of amides is 1. The van der Waals surface area contributed by atoms with E-state index in [0.29, 0.717) is 31.6 Å². The molecule has 0 aliphatic heterocycles. The van der Waals surface area contributed by atoms with E-state index in [1.54, 1.807) is 36.4 Å². The molecule has 142 valence electrons. The lowest BCUT2D eigenvalue weighted by atomic mass is 10.2. The van der Waals surface area contributed by atoms with Gasteiger partial charge >= 0.3 is 0 Å². The van der Waals surface area contributed by atoms with Gasteiger partial charge in [-0.2, -0.15) is 5.10 Å². The molecule has 3 aromatic carbocycles.